The van der Waals surface area contributed by atoms with Crippen LogP contribution in [0.3, 0.4) is 0 Å². The average Bonchev–Trinajstić information content (AvgIpc) is 2.17. The van der Waals surface area contributed by atoms with Gasteiger partial charge in [-0.1, -0.05) is 33.6 Å². The molecule has 0 aromatic carbocycles. The largest absolute Gasteiger partial charge is 0.271 e. The molecule has 0 aliphatic heterocycles. The number of hydrazine groups is 1. The van der Waals surface area contributed by atoms with E-state index < -0.39 is 0 Å². The predicted octanol–water partition coefficient (Wildman–Crippen LogP) is 2.54. The Morgan fingerprint density at radius 1 is 1.38 bits per heavy atom. The summed E-state index contributed by atoms with van der Waals surface area (Å²) in [7, 11) is 0. The minimum atomic E-state index is 0.499. The van der Waals surface area contributed by atoms with Crippen LogP contribution in [0, 0.1) is 0 Å². The van der Waals surface area contributed by atoms with Gasteiger partial charge in [0.2, 0.25) is 0 Å². The molecule has 3 heteroatoms. The molecule has 0 fully saturated rings. The first-order valence-electron chi connectivity index (χ1n) is 5.32. The van der Waals surface area contributed by atoms with Gasteiger partial charge < -0.3 is 0 Å². The molecule has 0 radical (unpaired) electrons. The van der Waals surface area contributed by atoms with Crippen LogP contribution in [0.1, 0.15) is 46.5 Å². The van der Waals surface area contributed by atoms with Gasteiger partial charge in [0.25, 0.3) is 0 Å². The molecule has 0 aromatic rings. The molecular weight excluding hydrogens is 180 g/mol. The Labute approximate surface area is 87.0 Å². The van der Waals surface area contributed by atoms with Crippen LogP contribution >= 0.6 is 11.8 Å². The van der Waals surface area contributed by atoms with E-state index in [2.05, 4.69) is 26.2 Å². The maximum absolute atomic E-state index is 5.48. The van der Waals surface area contributed by atoms with Gasteiger partial charge in [-0.2, -0.15) is 11.8 Å². The average molecular weight is 204 g/mol. The molecular formula is C10H24N2S. The summed E-state index contributed by atoms with van der Waals surface area (Å²) in [4.78, 5) is 0. The van der Waals surface area contributed by atoms with Crippen molar-refractivity contribution in [1.82, 2.24) is 5.43 Å². The van der Waals surface area contributed by atoms with Gasteiger partial charge in [-0.25, -0.2) is 0 Å². The van der Waals surface area contributed by atoms with Crippen LogP contribution in [0.25, 0.3) is 0 Å². The fourth-order valence-electron chi connectivity index (χ4n) is 1.06. The van der Waals surface area contributed by atoms with Crippen LogP contribution in [-0.2, 0) is 0 Å². The highest BCUT2D eigenvalue weighted by Crippen LogP contribution is 2.16. The minimum absolute atomic E-state index is 0.499. The fourth-order valence-corrected chi connectivity index (χ4v) is 2.12. The Hall–Kier alpha value is 0.270. The normalized spacial score (nSPS) is 15.7. The van der Waals surface area contributed by atoms with Crippen molar-refractivity contribution in [3.05, 3.63) is 0 Å². The van der Waals surface area contributed by atoms with Crippen molar-refractivity contribution >= 4 is 11.8 Å². The summed E-state index contributed by atoms with van der Waals surface area (Å²) in [5, 5.41) is 0.762. The number of nitrogens with two attached hydrogens (primary N) is 1. The highest BCUT2D eigenvalue weighted by molar-refractivity contribution is 7.99. The van der Waals surface area contributed by atoms with Crippen molar-refractivity contribution in [3.63, 3.8) is 0 Å². The van der Waals surface area contributed by atoms with E-state index in [-0.39, 0.29) is 0 Å². The standard InChI is InChI=1S/C10H24N2S/c1-4-6-7-10(12-11)8-13-9(3)5-2/h9-10,12H,4-8,11H2,1-3H3. The zero-order chi connectivity index (χ0) is 10.1. The van der Waals surface area contributed by atoms with E-state index in [4.69, 9.17) is 5.84 Å². The molecule has 0 amide bonds. The summed E-state index contributed by atoms with van der Waals surface area (Å²) in [6, 6.07) is 0.499. The maximum atomic E-state index is 5.48. The van der Waals surface area contributed by atoms with Crippen LogP contribution < -0.4 is 11.3 Å². The number of thioether (sulfide) groups is 1. The number of rotatable bonds is 8. The second kappa shape index (κ2) is 8.85. The third-order valence-electron chi connectivity index (χ3n) is 2.30. The van der Waals surface area contributed by atoms with Crippen molar-refractivity contribution in [3.8, 4) is 0 Å². The first-order chi connectivity index (χ1) is 6.24. The number of unbranched alkanes of at least 4 members (excludes halogenated alkanes) is 1. The molecule has 80 valence electrons. The Kier molecular flexibility index (Phi) is 9.03. The summed E-state index contributed by atoms with van der Waals surface area (Å²) in [6.45, 7) is 6.72. The third kappa shape index (κ3) is 7.35. The van der Waals surface area contributed by atoms with Crippen LogP contribution in [0.5, 0.6) is 0 Å². The van der Waals surface area contributed by atoms with Crippen molar-refractivity contribution in [2.45, 2.75) is 57.7 Å². The van der Waals surface area contributed by atoms with Gasteiger partial charge in [-0.3, -0.25) is 11.3 Å². The molecule has 0 spiro atoms. The first-order valence-corrected chi connectivity index (χ1v) is 6.37. The molecule has 13 heavy (non-hydrogen) atoms. The Bertz CT molecular complexity index is 109. The first kappa shape index (κ1) is 13.3. The van der Waals surface area contributed by atoms with E-state index in [0.717, 1.165) is 11.0 Å². The minimum Gasteiger partial charge on any atom is -0.271 e. The topological polar surface area (TPSA) is 38.0 Å². The van der Waals surface area contributed by atoms with E-state index in [0.29, 0.717) is 6.04 Å². The molecule has 2 nitrogen and oxygen atoms in total. The lowest BCUT2D eigenvalue weighted by atomic mass is 10.1. The van der Waals surface area contributed by atoms with Crippen LogP contribution in [-0.4, -0.2) is 17.0 Å². The van der Waals surface area contributed by atoms with E-state index in [9.17, 15) is 0 Å². The summed E-state index contributed by atoms with van der Waals surface area (Å²) in [5.41, 5.74) is 2.90. The monoisotopic (exact) mass is 204 g/mol. The van der Waals surface area contributed by atoms with E-state index in [1.165, 1.54) is 25.7 Å². The predicted molar refractivity (Wildman–Crippen MR) is 62.8 cm³/mol. The van der Waals surface area contributed by atoms with Gasteiger partial charge in [0.15, 0.2) is 0 Å². The van der Waals surface area contributed by atoms with Crippen LogP contribution in [0.4, 0.5) is 0 Å². The Morgan fingerprint density at radius 3 is 2.54 bits per heavy atom. The quantitative estimate of drug-likeness (QED) is 0.471. The SMILES string of the molecule is CCCCC(CSC(C)CC)NN. The molecule has 2 atom stereocenters. The van der Waals surface area contributed by atoms with Crippen LogP contribution in [0.2, 0.25) is 0 Å². The summed E-state index contributed by atoms with van der Waals surface area (Å²) < 4.78 is 0. The van der Waals surface area contributed by atoms with Gasteiger partial charge in [0.1, 0.15) is 0 Å². The molecule has 0 aromatic heterocycles. The number of nitrogens with one attached hydrogen (secondary N) is 1. The lowest BCUT2D eigenvalue weighted by Crippen LogP contribution is -2.37. The molecule has 0 rings (SSSR count). The second-order valence-corrected chi connectivity index (χ2v) is 5.03. The van der Waals surface area contributed by atoms with Gasteiger partial charge >= 0.3 is 0 Å². The van der Waals surface area contributed by atoms with Crippen LogP contribution in [0.15, 0.2) is 0 Å². The highest BCUT2D eigenvalue weighted by Gasteiger charge is 2.07. The number of hydrogen-bond acceptors (Lipinski definition) is 3. The lowest BCUT2D eigenvalue weighted by Gasteiger charge is -2.17. The molecule has 0 saturated heterocycles. The van der Waals surface area contributed by atoms with Gasteiger partial charge in [-0.05, 0) is 12.8 Å². The summed E-state index contributed by atoms with van der Waals surface area (Å²) in [6.07, 6.45) is 4.98. The molecule has 2 unspecified atom stereocenters. The third-order valence-corrected chi connectivity index (χ3v) is 3.80. The highest BCUT2D eigenvalue weighted by atomic mass is 32.2. The molecule has 3 N–H and O–H groups in total. The van der Waals surface area contributed by atoms with Gasteiger partial charge in [0.05, 0.1) is 0 Å². The summed E-state index contributed by atoms with van der Waals surface area (Å²) >= 11 is 2.02. The van der Waals surface area contributed by atoms with E-state index >= 15 is 0 Å². The van der Waals surface area contributed by atoms with Crippen molar-refractivity contribution in [1.29, 1.82) is 0 Å². The lowest BCUT2D eigenvalue weighted by molar-refractivity contribution is 0.515. The Morgan fingerprint density at radius 2 is 2.08 bits per heavy atom. The molecule has 0 aliphatic rings. The van der Waals surface area contributed by atoms with Crippen molar-refractivity contribution in [2.75, 3.05) is 5.75 Å². The molecule has 0 bridgehead atoms. The number of hydrogen-bond donors (Lipinski definition) is 2. The zero-order valence-corrected chi connectivity index (χ0v) is 9.99. The van der Waals surface area contributed by atoms with Crippen molar-refractivity contribution < 1.29 is 0 Å². The van der Waals surface area contributed by atoms with Crippen molar-refractivity contribution in [2.24, 2.45) is 5.84 Å². The molecule has 0 aliphatic carbocycles. The molecule has 0 saturated carbocycles. The van der Waals surface area contributed by atoms with Gasteiger partial charge in [-0.15, -0.1) is 0 Å². The van der Waals surface area contributed by atoms with E-state index in [1.54, 1.807) is 0 Å². The maximum Gasteiger partial charge on any atom is 0.0301 e. The second-order valence-electron chi connectivity index (χ2n) is 3.56. The zero-order valence-electron chi connectivity index (χ0n) is 9.18. The summed E-state index contributed by atoms with van der Waals surface area (Å²) in [5.74, 6) is 6.62. The fraction of sp³-hybridized carbons (Fsp3) is 1.00. The van der Waals surface area contributed by atoms with Gasteiger partial charge in [0, 0.05) is 17.0 Å². The Balaban J connectivity index is 3.46. The van der Waals surface area contributed by atoms with E-state index in [1.807, 2.05) is 11.8 Å². The smallest absolute Gasteiger partial charge is 0.0301 e. The molecule has 0 heterocycles.